The van der Waals surface area contributed by atoms with Crippen molar-refractivity contribution in [2.75, 3.05) is 13.2 Å². The van der Waals surface area contributed by atoms with Crippen LogP contribution in [-0.4, -0.2) is 33.6 Å². The van der Waals surface area contributed by atoms with Gasteiger partial charge < -0.3 is 10.1 Å². The molecule has 9 heteroatoms. The van der Waals surface area contributed by atoms with Crippen LogP contribution < -0.4 is 5.32 Å². The Balaban J connectivity index is 3.03. The van der Waals surface area contributed by atoms with Crippen molar-refractivity contribution in [3.05, 3.63) is 27.7 Å². The number of benzene rings is 1. The van der Waals surface area contributed by atoms with Gasteiger partial charge in [0.15, 0.2) is 0 Å². The molecule has 0 aliphatic heterocycles. The van der Waals surface area contributed by atoms with Crippen LogP contribution in [0.25, 0.3) is 0 Å². The lowest BCUT2D eigenvalue weighted by Gasteiger charge is -2.14. The van der Waals surface area contributed by atoms with Gasteiger partial charge in [0.25, 0.3) is 15.0 Å². The van der Waals surface area contributed by atoms with E-state index in [4.69, 9.17) is 38.6 Å². The number of rotatable bonds is 6. The Labute approximate surface area is 137 Å². The van der Waals surface area contributed by atoms with Crippen LogP contribution in [0, 0.1) is 0 Å². The molecule has 0 bridgehead atoms. The molecule has 0 aromatic heterocycles. The third kappa shape index (κ3) is 5.30. The Morgan fingerprint density at radius 3 is 2.52 bits per heavy atom. The molecule has 118 valence electrons. The lowest BCUT2D eigenvalue weighted by atomic mass is 10.2. The molecule has 0 saturated carbocycles. The Bertz CT molecular complexity index is 634. The molecule has 0 radical (unpaired) electrons. The van der Waals surface area contributed by atoms with Gasteiger partial charge in [-0.3, -0.25) is 4.79 Å². The minimum atomic E-state index is -4.10. The molecule has 0 fully saturated rings. The summed E-state index contributed by atoms with van der Waals surface area (Å²) in [6.07, 6.45) is -0.187. The quantitative estimate of drug-likeness (QED) is 0.777. The summed E-state index contributed by atoms with van der Waals surface area (Å²) >= 11 is 11.7. The van der Waals surface area contributed by atoms with Crippen LogP contribution >= 0.6 is 33.9 Å². The first-order chi connectivity index (χ1) is 9.66. The summed E-state index contributed by atoms with van der Waals surface area (Å²) in [5.74, 6) is -0.560. The minimum absolute atomic E-state index is 0.0432. The molecule has 21 heavy (non-hydrogen) atoms. The molecular weight excluding hydrogens is 361 g/mol. The van der Waals surface area contributed by atoms with E-state index < -0.39 is 19.9 Å². The second-order valence-electron chi connectivity index (χ2n) is 4.18. The number of hydrogen-bond donors (Lipinski definition) is 1. The zero-order chi connectivity index (χ0) is 16.2. The van der Waals surface area contributed by atoms with Crippen LogP contribution in [-0.2, 0) is 13.8 Å². The summed E-state index contributed by atoms with van der Waals surface area (Å²) in [6.45, 7) is 4.39. The van der Waals surface area contributed by atoms with Gasteiger partial charge in [0.05, 0.1) is 16.7 Å². The zero-order valence-corrected chi connectivity index (χ0v) is 14.4. The van der Waals surface area contributed by atoms with E-state index in [1.165, 1.54) is 6.07 Å². The maximum Gasteiger partial charge on any atom is 0.262 e. The highest BCUT2D eigenvalue weighted by Gasteiger charge is 2.22. The fourth-order valence-electron chi connectivity index (χ4n) is 1.58. The van der Waals surface area contributed by atoms with Crippen LogP contribution in [0.2, 0.25) is 10.0 Å². The van der Waals surface area contributed by atoms with Gasteiger partial charge in [-0.15, -0.1) is 0 Å². The molecule has 0 aliphatic rings. The minimum Gasteiger partial charge on any atom is -0.377 e. The molecule has 1 aromatic carbocycles. The van der Waals surface area contributed by atoms with Crippen molar-refractivity contribution in [1.29, 1.82) is 0 Å². The van der Waals surface area contributed by atoms with E-state index in [1.54, 1.807) is 6.92 Å². The summed E-state index contributed by atoms with van der Waals surface area (Å²) in [5.41, 5.74) is -0.0629. The lowest BCUT2D eigenvalue weighted by molar-refractivity contribution is 0.0695. The molecule has 0 heterocycles. The second kappa shape index (κ2) is 7.65. The smallest absolute Gasteiger partial charge is 0.262 e. The lowest BCUT2D eigenvalue weighted by Crippen LogP contribution is -2.32. The zero-order valence-electron chi connectivity index (χ0n) is 11.3. The SMILES string of the molecule is CCOC(C)CNC(=O)c1cc(Cl)cc(S(=O)(=O)Cl)c1Cl. The average molecular weight is 375 g/mol. The Morgan fingerprint density at radius 2 is 2.00 bits per heavy atom. The third-order valence-corrected chi connectivity index (χ3v) is 4.60. The molecule has 0 aliphatic carbocycles. The largest absolute Gasteiger partial charge is 0.377 e. The van der Waals surface area contributed by atoms with Gasteiger partial charge in [-0.1, -0.05) is 23.2 Å². The van der Waals surface area contributed by atoms with Crippen LogP contribution in [0.3, 0.4) is 0 Å². The number of halogens is 3. The van der Waals surface area contributed by atoms with Crippen molar-refractivity contribution in [3.8, 4) is 0 Å². The molecule has 1 amide bonds. The Morgan fingerprint density at radius 1 is 1.38 bits per heavy atom. The van der Waals surface area contributed by atoms with Crippen LogP contribution in [0.4, 0.5) is 0 Å². The van der Waals surface area contributed by atoms with Gasteiger partial charge in [-0.05, 0) is 26.0 Å². The van der Waals surface area contributed by atoms with Crippen LogP contribution in [0.1, 0.15) is 24.2 Å². The first kappa shape index (κ1) is 18.5. The summed E-state index contributed by atoms with van der Waals surface area (Å²) < 4.78 is 28.1. The van der Waals surface area contributed by atoms with E-state index in [1.807, 2.05) is 6.92 Å². The van der Waals surface area contributed by atoms with E-state index in [2.05, 4.69) is 5.32 Å². The first-order valence-electron chi connectivity index (χ1n) is 6.00. The van der Waals surface area contributed by atoms with Crippen molar-refractivity contribution in [1.82, 2.24) is 5.32 Å². The molecule has 1 unspecified atom stereocenters. The molecule has 1 aromatic rings. The predicted octanol–water partition coefficient (Wildman–Crippen LogP) is 3.08. The van der Waals surface area contributed by atoms with Gasteiger partial charge in [-0.25, -0.2) is 8.42 Å². The highest BCUT2D eigenvalue weighted by atomic mass is 35.7. The maximum absolute atomic E-state index is 12.1. The van der Waals surface area contributed by atoms with Crippen LogP contribution in [0.15, 0.2) is 17.0 Å². The number of amides is 1. The number of hydrogen-bond acceptors (Lipinski definition) is 4. The normalized spacial score (nSPS) is 13.0. The number of carbonyl (C=O) groups is 1. The monoisotopic (exact) mass is 373 g/mol. The van der Waals surface area contributed by atoms with Gasteiger partial charge in [-0.2, -0.15) is 0 Å². The summed E-state index contributed by atoms with van der Waals surface area (Å²) in [7, 11) is 1.16. The van der Waals surface area contributed by atoms with Crippen molar-refractivity contribution < 1.29 is 17.9 Å². The fraction of sp³-hybridized carbons (Fsp3) is 0.417. The molecular formula is C12H14Cl3NO4S. The molecule has 0 saturated heterocycles. The van der Waals surface area contributed by atoms with E-state index >= 15 is 0 Å². The van der Waals surface area contributed by atoms with Crippen LogP contribution in [0.5, 0.6) is 0 Å². The summed E-state index contributed by atoms with van der Waals surface area (Å²) in [5, 5.41) is 2.36. The van der Waals surface area contributed by atoms with Crippen molar-refractivity contribution in [2.24, 2.45) is 0 Å². The van der Waals surface area contributed by atoms with E-state index in [-0.39, 0.29) is 28.3 Å². The van der Waals surface area contributed by atoms with E-state index in [0.717, 1.165) is 6.07 Å². The average Bonchev–Trinajstić information content (AvgIpc) is 2.37. The number of ether oxygens (including phenoxy) is 1. The van der Waals surface area contributed by atoms with Gasteiger partial charge in [0, 0.05) is 28.9 Å². The highest BCUT2D eigenvalue weighted by Crippen LogP contribution is 2.31. The molecule has 0 spiro atoms. The van der Waals surface area contributed by atoms with Gasteiger partial charge in [0.2, 0.25) is 0 Å². The molecule has 1 rings (SSSR count). The first-order valence-corrected chi connectivity index (χ1v) is 9.06. The number of nitrogens with one attached hydrogen (secondary N) is 1. The summed E-state index contributed by atoms with van der Waals surface area (Å²) in [6, 6.07) is 2.36. The summed E-state index contributed by atoms with van der Waals surface area (Å²) in [4.78, 5) is 11.7. The highest BCUT2D eigenvalue weighted by molar-refractivity contribution is 8.13. The van der Waals surface area contributed by atoms with Crippen molar-refractivity contribution in [2.45, 2.75) is 24.8 Å². The fourth-order valence-corrected chi connectivity index (χ4v) is 3.44. The Hall–Kier alpha value is -0.530. The predicted molar refractivity (Wildman–Crippen MR) is 82.9 cm³/mol. The number of carbonyl (C=O) groups excluding carboxylic acids is 1. The maximum atomic E-state index is 12.1. The van der Waals surface area contributed by atoms with Gasteiger partial charge in [0.1, 0.15) is 4.90 Å². The second-order valence-corrected chi connectivity index (χ2v) is 7.53. The van der Waals surface area contributed by atoms with E-state index in [0.29, 0.717) is 6.61 Å². The topological polar surface area (TPSA) is 72.5 Å². The van der Waals surface area contributed by atoms with E-state index in [9.17, 15) is 13.2 Å². The standard InChI is InChI=1S/C12H14Cl3NO4S/c1-3-20-7(2)6-16-12(17)9-4-8(13)5-10(11(9)14)21(15,18)19/h4-5,7H,3,6H2,1-2H3,(H,16,17). The third-order valence-electron chi connectivity index (χ3n) is 2.51. The Kier molecular flexibility index (Phi) is 6.74. The molecule has 5 nitrogen and oxygen atoms in total. The van der Waals surface area contributed by atoms with Crippen molar-refractivity contribution in [3.63, 3.8) is 0 Å². The molecule has 1 atom stereocenters. The van der Waals surface area contributed by atoms with Crippen molar-refractivity contribution >= 4 is 48.8 Å². The molecule has 1 N–H and O–H groups in total. The van der Waals surface area contributed by atoms with Gasteiger partial charge >= 0.3 is 0 Å².